The van der Waals surface area contributed by atoms with Crippen molar-refractivity contribution < 1.29 is 4.79 Å². The number of nitrogens with one attached hydrogen (secondary N) is 1. The minimum Gasteiger partial charge on any atom is -0.365 e. The lowest BCUT2D eigenvalue weighted by molar-refractivity contribution is -0.121. The summed E-state index contributed by atoms with van der Waals surface area (Å²) >= 11 is 0. The molecule has 6 nitrogen and oxygen atoms in total. The minimum absolute atomic E-state index is 0.00707. The third-order valence-electron chi connectivity index (χ3n) is 4.11. The Morgan fingerprint density at radius 2 is 2.00 bits per heavy atom. The van der Waals surface area contributed by atoms with Gasteiger partial charge in [0.2, 0.25) is 5.91 Å². The molecule has 0 spiro atoms. The molecule has 6 heteroatoms. The van der Waals surface area contributed by atoms with E-state index < -0.39 is 0 Å². The van der Waals surface area contributed by atoms with E-state index in [2.05, 4.69) is 24.1 Å². The Morgan fingerprint density at radius 1 is 1.31 bits per heavy atom. The molecule has 1 amide bonds. The van der Waals surface area contributed by atoms with Crippen LogP contribution in [0.25, 0.3) is 11.4 Å². The maximum absolute atomic E-state index is 12.3. The van der Waals surface area contributed by atoms with Crippen molar-refractivity contribution >= 4 is 11.6 Å². The monoisotopic (exact) mass is 357 g/mol. The van der Waals surface area contributed by atoms with E-state index in [1.54, 1.807) is 6.33 Å². The topological polar surface area (TPSA) is 63.1 Å². The third kappa shape index (κ3) is 5.07. The van der Waals surface area contributed by atoms with Gasteiger partial charge in [-0.3, -0.25) is 9.78 Å². The van der Waals surface area contributed by atoms with E-state index >= 15 is 0 Å². The summed E-state index contributed by atoms with van der Waals surface area (Å²) in [5, 5.41) is 3.02. The zero-order valence-corrected chi connectivity index (χ0v) is 17.1. The summed E-state index contributed by atoms with van der Waals surface area (Å²) in [4.78, 5) is 23.6. The van der Waals surface area contributed by atoms with E-state index in [9.17, 15) is 4.79 Å². The van der Waals surface area contributed by atoms with Gasteiger partial charge in [-0.1, -0.05) is 13.3 Å². The van der Waals surface area contributed by atoms with Crippen molar-refractivity contribution in [3.63, 3.8) is 0 Å². The molecule has 0 fully saturated rings. The summed E-state index contributed by atoms with van der Waals surface area (Å²) in [6.45, 7) is 10.5. The summed E-state index contributed by atoms with van der Waals surface area (Å²) in [5.74, 6) is 0.00707. The second-order valence-electron chi connectivity index (χ2n) is 7.93. The molecule has 26 heavy (non-hydrogen) atoms. The van der Waals surface area contributed by atoms with Crippen LogP contribution < -0.4 is 10.2 Å². The fourth-order valence-corrected chi connectivity index (χ4v) is 2.96. The molecule has 2 rings (SSSR count). The Labute approximate surface area is 156 Å². The molecule has 0 saturated carbocycles. The van der Waals surface area contributed by atoms with Crippen LogP contribution in [0.4, 0.5) is 5.69 Å². The Hall–Kier alpha value is -2.37. The van der Waals surface area contributed by atoms with Gasteiger partial charge in [0.1, 0.15) is 5.69 Å². The van der Waals surface area contributed by atoms with E-state index in [0.29, 0.717) is 6.54 Å². The van der Waals surface area contributed by atoms with Crippen molar-refractivity contribution in [1.82, 2.24) is 19.9 Å². The quantitative estimate of drug-likeness (QED) is 0.863. The molecular formula is C20H31N5O. The number of hydrogen-bond acceptors (Lipinski definition) is 4. The lowest BCUT2D eigenvalue weighted by atomic mass is 10.1. The van der Waals surface area contributed by atoms with Gasteiger partial charge in [-0.25, -0.2) is 4.98 Å². The van der Waals surface area contributed by atoms with Crippen molar-refractivity contribution in [2.75, 3.05) is 18.5 Å². The van der Waals surface area contributed by atoms with Crippen molar-refractivity contribution in [2.24, 2.45) is 7.05 Å². The molecule has 142 valence electrons. The van der Waals surface area contributed by atoms with Crippen LogP contribution in [-0.2, 0) is 18.3 Å². The molecule has 0 bridgehead atoms. The van der Waals surface area contributed by atoms with Crippen LogP contribution in [0, 0.1) is 6.92 Å². The molecule has 0 aromatic carbocycles. The molecule has 2 aromatic heterocycles. The largest absolute Gasteiger partial charge is 0.365 e. The third-order valence-corrected chi connectivity index (χ3v) is 4.11. The minimum atomic E-state index is -0.238. The number of amides is 1. The van der Waals surface area contributed by atoms with Gasteiger partial charge in [0, 0.05) is 37.2 Å². The van der Waals surface area contributed by atoms with Crippen LogP contribution in [-0.4, -0.2) is 39.6 Å². The van der Waals surface area contributed by atoms with E-state index in [1.165, 1.54) is 0 Å². The van der Waals surface area contributed by atoms with Crippen LogP contribution in [0.2, 0.25) is 0 Å². The molecular weight excluding hydrogens is 326 g/mol. The van der Waals surface area contributed by atoms with Crippen molar-refractivity contribution in [3.05, 3.63) is 29.8 Å². The second-order valence-corrected chi connectivity index (χ2v) is 7.93. The number of carbonyl (C=O) groups is 1. The van der Waals surface area contributed by atoms with E-state index in [4.69, 9.17) is 4.98 Å². The fourth-order valence-electron chi connectivity index (χ4n) is 2.96. The Morgan fingerprint density at radius 3 is 2.54 bits per heavy atom. The van der Waals surface area contributed by atoms with Gasteiger partial charge in [-0.2, -0.15) is 0 Å². The molecule has 2 aromatic rings. The first-order chi connectivity index (χ1) is 12.1. The van der Waals surface area contributed by atoms with Crippen LogP contribution in [0.3, 0.4) is 0 Å². The van der Waals surface area contributed by atoms with Gasteiger partial charge in [-0.05, 0) is 45.7 Å². The van der Waals surface area contributed by atoms with Gasteiger partial charge in [0.05, 0.1) is 18.6 Å². The standard InChI is InChI=1S/C20H31N5O/c1-8-9-15-14(2)18(25(7)12-19(26)23-20(3,4)5)10-16(22-15)17-11-24(6)13-21-17/h10-11,13H,8-9,12H2,1-7H3,(H,23,26). The maximum atomic E-state index is 12.3. The number of likely N-dealkylation sites (N-methyl/N-ethyl adjacent to an activating group) is 1. The molecule has 0 aliphatic heterocycles. The first kappa shape index (κ1) is 19.9. The summed E-state index contributed by atoms with van der Waals surface area (Å²) < 4.78 is 1.91. The van der Waals surface area contributed by atoms with Crippen molar-refractivity contribution in [3.8, 4) is 11.4 Å². The second kappa shape index (κ2) is 7.89. The molecule has 0 atom stereocenters. The van der Waals surface area contributed by atoms with E-state index in [0.717, 1.165) is 41.2 Å². The summed E-state index contributed by atoms with van der Waals surface area (Å²) in [6.07, 6.45) is 5.66. The lowest BCUT2D eigenvalue weighted by Gasteiger charge is -2.26. The molecule has 2 heterocycles. The predicted octanol–water partition coefficient (Wildman–Crippen LogP) is 3.09. The Balaban J connectivity index is 2.36. The fraction of sp³-hybridized carbons (Fsp3) is 0.550. The summed E-state index contributed by atoms with van der Waals surface area (Å²) in [7, 11) is 3.89. The SMILES string of the molecule is CCCc1nc(-c2cn(C)cn2)cc(N(C)CC(=O)NC(C)(C)C)c1C. The van der Waals surface area contributed by atoms with Crippen LogP contribution in [0.5, 0.6) is 0 Å². The van der Waals surface area contributed by atoms with Gasteiger partial charge < -0.3 is 14.8 Å². The molecule has 0 radical (unpaired) electrons. The number of aryl methyl sites for hydroxylation is 2. The van der Waals surface area contributed by atoms with Gasteiger partial charge in [0.15, 0.2) is 0 Å². The van der Waals surface area contributed by atoms with E-state index in [-0.39, 0.29) is 11.4 Å². The Kier molecular flexibility index (Phi) is 6.05. The number of nitrogens with zero attached hydrogens (tertiary/aromatic N) is 4. The highest BCUT2D eigenvalue weighted by molar-refractivity contribution is 5.82. The summed E-state index contributed by atoms with van der Waals surface area (Å²) in [5.41, 5.74) is 4.66. The number of aromatic nitrogens is 3. The van der Waals surface area contributed by atoms with Gasteiger partial charge in [-0.15, -0.1) is 0 Å². The zero-order chi connectivity index (χ0) is 19.5. The van der Waals surface area contributed by atoms with Crippen LogP contribution in [0.15, 0.2) is 18.6 Å². The number of rotatable bonds is 6. The highest BCUT2D eigenvalue weighted by Crippen LogP contribution is 2.28. The average molecular weight is 358 g/mol. The number of carbonyl (C=O) groups excluding carboxylic acids is 1. The van der Waals surface area contributed by atoms with E-state index in [1.807, 2.05) is 56.6 Å². The maximum Gasteiger partial charge on any atom is 0.239 e. The smallest absolute Gasteiger partial charge is 0.239 e. The lowest BCUT2D eigenvalue weighted by Crippen LogP contribution is -2.45. The summed E-state index contributed by atoms with van der Waals surface area (Å²) in [6, 6.07) is 2.03. The average Bonchev–Trinajstić information content (AvgIpc) is 2.94. The van der Waals surface area contributed by atoms with Gasteiger partial charge in [0.25, 0.3) is 0 Å². The molecule has 0 saturated heterocycles. The highest BCUT2D eigenvalue weighted by Gasteiger charge is 2.18. The Bertz CT molecular complexity index is 773. The molecule has 0 aliphatic rings. The molecule has 1 N–H and O–H groups in total. The number of imidazole rings is 1. The number of hydrogen-bond donors (Lipinski definition) is 1. The van der Waals surface area contributed by atoms with Crippen molar-refractivity contribution in [2.45, 2.75) is 53.0 Å². The predicted molar refractivity (Wildman–Crippen MR) is 106 cm³/mol. The first-order valence-electron chi connectivity index (χ1n) is 9.11. The number of anilines is 1. The molecule has 0 unspecified atom stereocenters. The first-order valence-corrected chi connectivity index (χ1v) is 9.11. The normalized spacial score (nSPS) is 11.5. The highest BCUT2D eigenvalue weighted by atomic mass is 16.2. The molecule has 0 aliphatic carbocycles. The van der Waals surface area contributed by atoms with Crippen LogP contribution >= 0.6 is 0 Å². The van der Waals surface area contributed by atoms with Crippen LogP contribution in [0.1, 0.15) is 45.4 Å². The van der Waals surface area contributed by atoms with Gasteiger partial charge >= 0.3 is 0 Å². The zero-order valence-electron chi connectivity index (χ0n) is 17.1. The van der Waals surface area contributed by atoms with Crippen molar-refractivity contribution in [1.29, 1.82) is 0 Å². The number of pyridine rings is 1.